The van der Waals surface area contributed by atoms with Gasteiger partial charge in [0.05, 0.1) is 0 Å². The number of likely N-dealkylation sites (N-methyl/N-ethyl adjacent to an activating group) is 1. The molecule has 0 atom stereocenters. The third kappa shape index (κ3) is 5.22. The van der Waals surface area contributed by atoms with Gasteiger partial charge in [0.25, 0.3) is 11.8 Å². The number of nitrogens with one attached hydrogen (secondary N) is 1. The van der Waals surface area contributed by atoms with Crippen LogP contribution in [0.3, 0.4) is 0 Å². The smallest absolute Gasteiger partial charge is 0.325 e. The average Bonchev–Trinajstić information content (AvgIpc) is 3.19. The molecule has 2 aromatic carbocycles. The van der Waals surface area contributed by atoms with E-state index in [2.05, 4.69) is 5.32 Å². The second-order valence-electron chi connectivity index (χ2n) is 6.25. The Labute approximate surface area is 166 Å². The van der Waals surface area contributed by atoms with Gasteiger partial charge in [0.2, 0.25) is 6.79 Å². The van der Waals surface area contributed by atoms with Crippen molar-refractivity contribution in [2.75, 3.05) is 27.0 Å². The molecule has 0 radical (unpaired) electrons. The lowest BCUT2D eigenvalue weighted by Gasteiger charge is -2.17. The Hall–Kier alpha value is -3.62. The van der Waals surface area contributed by atoms with E-state index in [0.717, 1.165) is 0 Å². The molecule has 29 heavy (non-hydrogen) atoms. The quantitative estimate of drug-likeness (QED) is 0.706. The molecule has 0 unspecified atom stereocenters. The van der Waals surface area contributed by atoms with Gasteiger partial charge in [0, 0.05) is 24.7 Å². The first-order valence-electron chi connectivity index (χ1n) is 8.75. The molecule has 0 spiro atoms. The van der Waals surface area contributed by atoms with E-state index in [-0.39, 0.29) is 13.3 Å². The molecule has 0 saturated heterocycles. The Balaban J connectivity index is 1.41. The molecule has 2 amide bonds. The standard InChI is InChI=1S/C20H19FN2O6/c1-23(10-14-4-2-3-5-15(14)21)18(24)11-27-19(25)9-22-20(26)13-6-7-16-17(8-13)29-12-28-16/h2-8H,9-12H2,1H3,(H,22,26). The van der Waals surface area contributed by atoms with Crippen LogP contribution in [0.25, 0.3) is 0 Å². The second-order valence-corrected chi connectivity index (χ2v) is 6.25. The fourth-order valence-electron chi connectivity index (χ4n) is 2.57. The SMILES string of the molecule is CN(Cc1ccccc1F)C(=O)COC(=O)CNC(=O)c1ccc2c(c1)OCO2. The molecule has 1 aliphatic rings. The molecule has 1 aliphatic heterocycles. The monoisotopic (exact) mass is 402 g/mol. The number of nitrogens with zero attached hydrogens (tertiary/aromatic N) is 1. The van der Waals surface area contributed by atoms with Gasteiger partial charge in [-0.05, 0) is 24.3 Å². The summed E-state index contributed by atoms with van der Waals surface area (Å²) < 4.78 is 28.9. The molecule has 1 N–H and O–H groups in total. The van der Waals surface area contributed by atoms with Crippen molar-refractivity contribution in [1.29, 1.82) is 0 Å². The Morgan fingerprint density at radius 1 is 1.14 bits per heavy atom. The third-order valence-corrected chi connectivity index (χ3v) is 4.18. The maximum absolute atomic E-state index is 13.6. The highest BCUT2D eigenvalue weighted by Gasteiger charge is 2.18. The summed E-state index contributed by atoms with van der Waals surface area (Å²) in [6.07, 6.45) is 0. The number of hydrogen-bond donors (Lipinski definition) is 1. The van der Waals surface area contributed by atoms with Gasteiger partial charge in [-0.1, -0.05) is 18.2 Å². The predicted octanol–water partition coefficient (Wildman–Crippen LogP) is 1.49. The number of amides is 2. The first-order valence-corrected chi connectivity index (χ1v) is 8.75. The van der Waals surface area contributed by atoms with Crippen molar-refractivity contribution in [1.82, 2.24) is 10.2 Å². The van der Waals surface area contributed by atoms with Crippen LogP contribution < -0.4 is 14.8 Å². The fourth-order valence-corrected chi connectivity index (χ4v) is 2.57. The van der Waals surface area contributed by atoms with E-state index in [0.29, 0.717) is 22.6 Å². The highest BCUT2D eigenvalue weighted by atomic mass is 19.1. The van der Waals surface area contributed by atoms with Gasteiger partial charge in [-0.3, -0.25) is 14.4 Å². The summed E-state index contributed by atoms with van der Waals surface area (Å²) >= 11 is 0. The molecule has 0 aliphatic carbocycles. The van der Waals surface area contributed by atoms with Crippen LogP contribution >= 0.6 is 0 Å². The number of ether oxygens (including phenoxy) is 3. The Morgan fingerprint density at radius 3 is 2.69 bits per heavy atom. The normalized spacial score (nSPS) is 11.7. The minimum absolute atomic E-state index is 0.0455. The van der Waals surface area contributed by atoms with Gasteiger partial charge in [0.15, 0.2) is 18.1 Å². The number of fused-ring (bicyclic) bond motifs is 1. The van der Waals surface area contributed by atoms with Crippen molar-refractivity contribution >= 4 is 17.8 Å². The van der Waals surface area contributed by atoms with E-state index in [1.165, 1.54) is 30.1 Å². The highest BCUT2D eigenvalue weighted by molar-refractivity contribution is 5.96. The van der Waals surface area contributed by atoms with Crippen molar-refractivity contribution in [3.05, 3.63) is 59.4 Å². The molecule has 0 fully saturated rings. The topological polar surface area (TPSA) is 94.2 Å². The van der Waals surface area contributed by atoms with E-state index >= 15 is 0 Å². The van der Waals surface area contributed by atoms with Crippen LogP contribution in [0.15, 0.2) is 42.5 Å². The van der Waals surface area contributed by atoms with Gasteiger partial charge in [-0.2, -0.15) is 0 Å². The Kier molecular flexibility index (Phi) is 6.28. The van der Waals surface area contributed by atoms with Crippen LogP contribution in [0.4, 0.5) is 4.39 Å². The van der Waals surface area contributed by atoms with Crippen molar-refractivity contribution < 1.29 is 33.0 Å². The van der Waals surface area contributed by atoms with E-state index in [1.807, 2.05) is 0 Å². The molecule has 1 heterocycles. The fraction of sp³-hybridized carbons (Fsp3) is 0.250. The maximum Gasteiger partial charge on any atom is 0.325 e. The summed E-state index contributed by atoms with van der Waals surface area (Å²) in [6, 6.07) is 10.7. The number of halogens is 1. The van der Waals surface area contributed by atoms with E-state index in [9.17, 15) is 18.8 Å². The lowest BCUT2D eigenvalue weighted by atomic mass is 10.2. The summed E-state index contributed by atoms with van der Waals surface area (Å²) in [5, 5.41) is 2.41. The molecule has 8 nitrogen and oxygen atoms in total. The van der Waals surface area contributed by atoms with Gasteiger partial charge in [0.1, 0.15) is 12.4 Å². The third-order valence-electron chi connectivity index (χ3n) is 4.18. The van der Waals surface area contributed by atoms with Crippen LogP contribution in [-0.4, -0.2) is 49.7 Å². The van der Waals surface area contributed by atoms with E-state index in [4.69, 9.17) is 14.2 Å². The zero-order chi connectivity index (χ0) is 20.8. The maximum atomic E-state index is 13.6. The first-order chi connectivity index (χ1) is 13.9. The molecule has 0 saturated carbocycles. The van der Waals surface area contributed by atoms with Crippen LogP contribution in [0.1, 0.15) is 15.9 Å². The molecule has 2 aromatic rings. The lowest BCUT2D eigenvalue weighted by molar-refractivity contribution is -0.150. The van der Waals surface area contributed by atoms with Gasteiger partial charge in [-0.25, -0.2) is 4.39 Å². The van der Waals surface area contributed by atoms with E-state index in [1.54, 1.807) is 24.3 Å². The van der Waals surface area contributed by atoms with Gasteiger partial charge in [-0.15, -0.1) is 0 Å². The Bertz CT molecular complexity index is 933. The largest absolute Gasteiger partial charge is 0.454 e. The second kappa shape index (κ2) is 9.05. The molecule has 3 rings (SSSR count). The molecular formula is C20H19FN2O6. The molecule has 152 valence electrons. The predicted molar refractivity (Wildman–Crippen MR) is 98.7 cm³/mol. The minimum Gasteiger partial charge on any atom is -0.454 e. The summed E-state index contributed by atoms with van der Waals surface area (Å²) in [5.41, 5.74) is 0.647. The van der Waals surface area contributed by atoms with Crippen LogP contribution in [0, 0.1) is 5.82 Å². The number of rotatable bonds is 7. The zero-order valence-corrected chi connectivity index (χ0v) is 15.6. The number of carbonyl (C=O) groups is 3. The van der Waals surface area contributed by atoms with Crippen LogP contribution in [0.2, 0.25) is 0 Å². The summed E-state index contributed by atoms with van der Waals surface area (Å²) in [6.45, 7) is -0.780. The summed E-state index contributed by atoms with van der Waals surface area (Å²) in [7, 11) is 1.48. The molecule has 0 bridgehead atoms. The molecular weight excluding hydrogens is 383 g/mol. The Morgan fingerprint density at radius 2 is 1.90 bits per heavy atom. The van der Waals surface area contributed by atoms with Crippen molar-refractivity contribution in [2.24, 2.45) is 0 Å². The van der Waals surface area contributed by atoms with Crippen molar-refractivity contribution in [3.63, 3.8) is 0 Å². The van der Waals surface area contributed by atoms with Crippen LogP contribution in [0.5, 0.6) is 11.5 Å². The van der Waals surface area contributed by atoms with Crippen molar-refractivity contribution in [2.45, 2.75) is 6.54 Å². The lowest BCUT2D eigenvalue weighted by Crippen LogP contribution is -2.34. The minimum atomic E-state index is -0.772. The molecule has 0 aromatic heterocycles. The van der Waals surface area contributed by atoms with Gasteiger partial charge >= 0.3 is 5.97 Å². The number of benzene rings is 2. The number of carbonyl (C=O) groups excluding carboxylic acids is 3. The highest BCUT2D eigenvalue weighted by Crippen LogP contribution is 2.32. The first kappa shape index (κ1) is 20.1. The van der Waals surface area contributed by atoms with Crippen molar-refractivity contribution in [3.8, 4) is 11.5 Å². The number of esters is 1. The zero-order valence-electron chi connectivity index (χ0n) is 15.6. The van der Waals surface area contributed by atoms with Crippen LogP contribution in [-0.2, 0) is 20.9 Å². The van der Waals surface area contributed by atoms with Gasteiger partial charge < -0.3 is 24.4 Å². The molecule has 9 heteroatoms. The summed E-state index contributed by atoms with van der Waals surface area (Å²) in [4.78, 5) is 37.2. The summed E-state index contributed by atoms with van der Waals surface area (Å²) in [5.74, 6) is -1.20. The number of hydrogen-bond acceptors (Lipinski definition) is 6. The average molecular weight is 402 g/mol. The van der Waals surface area contributed by atoms with E-state index < -0.39 is 36.8 Å².